The Hall–Kier alpha value is -0.0800. The normalized spacial score (nSPS) is 14.7. The van der Waals surface area contributed by atoms with E-state index in [-0.39, 0.29) is 0 Å². The van der Waals surface area contributed by atoms with Crippen molar-refractivity contribution in [2.45, 2.75) is 19.9 Å². The van der Waals surface area contributed by atoms with Crippen LogP contribution >= 0.6 is 0 Å². The number of rotatable bonds is 4. The van der Waals surface area contributed by atoms with Crippen LogP contribution in [-0.2, 0) is 0 Å². The zero-order chi connectivity index (χ0) is 8.15. The summed E-state index contributed by atoms with van der Waals surface area (Å²) in [6, 6.07) is 0.667. The van der Waals surface area contributed by atoms with Gasteiger partial charge in [-0.15, -0.1) is 0 Å². The first-order chi connectivity index (χ1) is 4.57. The molecule has 0 radical (unpaired) electrons. The van der Waals surface area contributed by atoms with E-state index in [4.69, 9.17) is 0 Å². The van der Waals surface area contributed by atoms with E-state index in [0.29, 0.717) is 6.04 Å². The number of likely N-dealkylation sites (N-methyl/N-ethyl adjacent to an activating group) is 2. The summed E-state index contributed by atoms with van der Waals surface area (Å²) in [5.74, 6) is 0. The minimum atomic E-state index is 0.667. The highest BCUT2D eigenvalue weighted by Crippen LogP contribution is 1.94. The molecule has 2 heteroatoms. The van der Waals surface area contributed by atoms with Gasteiger partial charge in [-0.2, -0.15) is 0 Å². The fourth-order valence-corrected chi connectivity index (χ4v) is 0.980. The van der Waals surface area contributed by atoms with Gasteiger partial charge < -0.3 is 9.80 Å². The monoisotopic (exact) mass is 144 g/mol. The fraction of sp³-hybridized carbons (Fsp3) is 1.00. The highest BCUT2D eigenvalue weighted by atomic mass is 15.2. The highest BCUT2D eigenvalue weighted by molar-refractivity contribution is 4.63. The third kappa shape index (κ3) is 3.85. The topological polar surface area (TPSA) is 6.48 Å². The maximum Gasteiger partial charge on any atom is 0.0191 e. The van der Waals surface area contributed by atoms with Crippen molar-refractivity contribution < 1.29 is 0 Å². The molecule has 0 N–H and O–H groups in total. The Kier molecular flexibility index (Phi) is 4.65. The molecule has 0 aliphatic rings. The van der Waals surface area contributed by atoms with Crippen LogP contribution < -0.4 is 0 Å². The summed E-state index contributed by atoms with van der Waals surface area (Å²) in [4.78, 5) is 4.57. The van der Waals surface area contributed by atoms with Gasteiger partial charge in [0, 0.05) is 12.6 Å². The molecular weight excluding hydrogens is 124 g/mol. The van der Waals surface area contributed by atoms with Gasteiger partial charge in [0.25, 0.3) is 0 Å². The van der Waals surface area contributed by atoms with Crippen molar-refractivity contribution in [2.75, 3.05) is 34.2 Å². The summed E-state index contributed by atoms with van der Waals surface area (Å²) in [6.07, 6.45) is 0. The summed E-state index contributed by atoms with van der Waals surface area (Å²) in [5.41, 5.74) is 0. The van der Waals surface area contributed by atoms with Crippen LogP contribution in [0.2, 0.25) is 0 Å². The van der Waals surface area contributed by atoms with Crippen LogP contribution in [0.5, 0.6) is 0 Å². The molecule has 0 rings (SSSR count). The largest absolute Gasteiger partial charge is 0.308 e. The SMILES string of the molecule is CCN(C)C(C)CN(C)C. The molecule has 0 amide bonds. The van der Waals surface area contributed by atoms with Gasteiger partial charge in [-0.3, -0.25) is 0 Å². The molecule has 1 atom stereocenters. The lowest BCUT2D eigenvalue weighted by Crippen LogP contribution is -2.37. The smallest absolute Gasteiger partial charge is 0.0191 e. The molecule has 0 aliphatic heterocycles. The molecule has 0 aromatic rings. The van der Waals surface area contributed by atoms with Gasteiger partial charge in [-0.25, -0.2) is 0 Å². The molecule has 0 fully saturated rings. The zero-order valence-corrected chi connectivity index (χ0v) is 7.89. The van der Waals surface area contributed by atoms with Gasteiger partial charge in [-0.05, 0) is 34.6 Å². The molecule has 0 saturated heterocycles. The maximum atomic E-state index is 2.35. The van der Waals surface area contributed by atoms with Crippen molar-refractivity contribution in [1.29, 1.82) is 0 Å². The van der Waals surface area contributed by atoms with Crippen molar-refractivity contribution in [1.82, 2.24) is 9.80 Å². The van der Waals surface area contributed by atoms with E-state index < -0.39 is 0 Å². The predicted octanol–water partition coefficient (Wildman–Crippen LogP) is 0.888. The Bertz CT molecular complexity index is 81.3. The van der Waals surface area contributed by atoms with E-state index in [0.717, 1.165) is 13.1 Å². The fourth-order valence-electron chi connectivity index (χ4n) is 0.980. The Morgan fingerprint density at radius 3 is 2.00 bits per heavy atom. The number of hydrogen-bond acceptors (Lipinski definition) is 2. The van der Waals surface area contributed by atoms with Gasteiger partial charge in [0.1, 0.15) is 0 Å². The minimum Gasteiger partial charge on any atom is -0.308 e. The van der Waals surface area contributed by atoms with Gasteiger partial charge >= 0.3 is 0 Å². The van der Waals surface area contributed by atoms with Gasteiger partial charge in [0.15, 0.2) is 0 Å². The van der Waals surface area contributed by atoms with Gasteiger partial charge in [-0.1, -0.05) is 6.92 Å². The van der Waals surface area contributed by atoms with Crippen molar-refractivity contribution in [3.05, 3.63) is 0 Å². The van der Waals surface area contributed by atoms with E-state index in [1.165, 1.54) is 0 Å². The summed E-state index contributed by atoms with van der Waals surface area (Å²) in [7, 11) is 6.38. The Morgan fingerprint density at radius 2 is 1.70 bits per heavy atom. The third-order valence-corrected chi connectivity index (χ3v) is 1.88. The predicted molar refractivity (Wildman–Crippen MR) is 46.3 cm³/mol. The quantitative estimate of drug-likeness (QED) is 0.578. The molecular formula is C8H20N2. The van der Waals surface area contributed by atoms with Crippen molar-refractivity contribution in [3.8, 4) is 0 Å². The molecule has 0 aliphatic carbocycles. The van der Waals surface area contributed by atoms with E-state index in [1.54, 1.807) is 0 Å². The van der Waals surface area contributed by atoms with Crippen molar-refractivity contribution >= 4 is 0 Å². The average molecular weight is 144 g/mol. The highest BCUT2D eigenvalue weighted by Gasteiger charge is 2.06. The van der Waals surface area contributed by atoms with Crippen LogP contribution in [0.3, 0.4) is 0 Å². The van der Waals surface area contributed by atoms with E-state index in [9.17, 15) is 0 Å². The second-order valence-corrected chi connectivity index (χ2v) is 3.18. The zero-order valence-electron chi connectivity index (χ0n) is 7.89. The van der Waals surface area contributed by atoms with Crippen LogP contribution in [0.15, 0.2) is 0 Å². The van der Waals surface area contributed by atoms with E-state index in [2.05, 4.69) is 44.8 Å². The summed E-state index contributed by atoms with van der Waals surface area (Å²) < 4.78 is 0. The van der Waals surface area contributed by atoms with E-state index in [1.807, 2.05) is 0 Å². The lowest BCUT2D eigenvalue weighted by Gasteiger charge is -2.25. The summed E-state index contributed by atoms with van der Waals surface area (Å²) >= 11 is 0. The van der Waals surface area contributed by atoms with Crippen LogP contribution in [-0.4, -0.2) is 50.1 Å². The summed E-state index contributed by atoms with van der Waals surface area (Å²) in [6.45, 7) is 6.72. The molecule has 0 saturated carbocycles. The minimum absolute atomic E-state index is 0.667. The van der Waals surface area contributed by atoms with Crippen LogP contribution in [0.4, 0.5) is 0 Å². The Labute approximate surface area is 64.8 Å². The molecule has 0 heterocycles. The van der Waals surface area contributed by atoms with Gasteiger partial charge in [0.2, 0.25) is 0 Å². The second-order valence-electron chi connectivity index (χ2n) is 3.18. The van der Waals surface area contributed by atoms with Crippen LogP contribution in [0.25, 0.3) is 0 Å². The second kappa shape index (κ2) is 4.69. The van der Waals surface area contributed by atoms with Crippen molar-refractivity contribution in [3.63, 3.8) is 0 Å². The van der Waals surface area contributed by atoms with Crippen molar-refractivity contribution in [2.24, 2.45) is 0 Å². The standard InChI is InChI=1S/C8H20N2/c1-6-10(5)8(2)7-9(3)4/h8H,6-7H2,1-5H3. The molecule has 10 heavy (non-hydrogen) atoms. The molecule has 0 spiro atoms. The lowest BCUT2D eigenvalue weighted by atomic mass is 10.3. The number of nitrogens with zero attached hydrogens (tertiary/aromatic N) is 2. The summed E-state index contributed by atoms with van der Waals surface area (Å²) in [5, 5.41) is 0. The molecule has 0 aromatic carbocycles. The Balaban J connectivity index is 3.50. The average Bonchev–Trinajstić information content (AvgIpc) is 1.85. The first-order valence-corrected chi connectivity index (χ1v) is 3.93. The third-order valence-electron chi connectivity index (χ3n) is 1.88. The lowest BCUT2D eigenvalue weighted by molar-refractivity contribution is 0.218. The van der Waals surface area contributed by atoms with Crippen LogP contribution in [0, 0.1) is 0 Å². The number of hydrogen-bond donors (Lipinski definition) is 0. The van der Waals surface area contributed by atoms with Gasteiger partial charge in [0.05, 0.1) is 0 Å². The first-order valence-electron chi connectivity index (χ1n) is 3.93. The molecule has 62 valence electrons. The molecule has 2 nitrogen and oxygen atoms in total. The maximum absolute atomic E-state index is 2.35. The van der Waals surface area contributed by atoms with Crippen LogP contribution in [0.1, 0.15) is 13.8 Å². The molecule has 0 aromatic heterocycles. The Morgan fingerprint density at radius 1 is 1.20 bits per heavy atom. The molecule has 0 bridgehead atoms. The first kappa shape index (κ1) is 9.92. The molecule has 1 unspecified atom stereocenters. The van der Waals surface area contributed by atoms with E-state index >= 15 is 0 Å².